The molecule has 0 saturated carbocycles. The van der Waals surface area contributed by atoms with Crippen molar-refractivity contribution in [3.63, 3.8) is 0 Å². The fraction of sp³-hybridized carbons (Fsp3) is 0.0833. The number of rotatable bonds is 2. The lowest BCUT2D eigenvalue weighted by Crippen LogP contribution is -1.97. The van der Waals surface area contributed by atoms with Gasteiger partial charge in [0, 0.05) is 21.0 Å². The third kappa shape index (κ3) is 1.38. The minimum absolute atomic E-state index is 0.0439. The number of hydrogen-bond donors (Lipinski definition) is 0. The van der Waals surface area contributed by atoms with Gasteiger partial charge in [-0.1, -0.05) is 24.8 Å². The van der Waals surface area contributed by atoms with Crippen molar-refractivity contribution in [2.75, 3.05) is 0 Å². The van der Waals surface area contributed by atoms with Crippen molar-refractivity contribution in [1.29, 1.82) is 0 Å². The highest BCUT2D eigenvalue weighted by Gasteiger charge is 2.11. The fourth-order valence-electron chi connectivity index (χ4n) is 1.38. The first-order valence-electron chi connectivity index (χ1n) is 4.36. The summed E-state index contributed by atoms with van der Waals surface area (Å²) in [5, 5.41) is 2.94. The summed E-state index contributed by atoms with van der Waals surface area (Å²) in [4.78, 5) is 11.7. The maximum atomic E-state index is 11.7. The molecular weight excluding hydrogens is 192 g/mol. The second-order valence-corrected chi connectivity index (χ2v) is 4.17. The van der Waals surface area contributed by atoms with E-state index in [-0.39, 0.29) is 5.78 Å². The summed E-state index contributed by atoms with van der Waals surface area (Å²) in [5.74, 6) is 0.0439. The second kappa shape index (κ2) is 3.39. The Hall–Kier alpha value is -1.41. The molecule has 0 amide bonds. The maximum absolute atomic E-state index is 11.7. The standard InChI is InChI=1S/C12H10OS/c1-8(2)12(13)10-7-14-11-6-4-3-5-9(10)11/h3-7H,1H2,2H3. The van der Waals surface area contributed by atoms with Crippen LogP contribution in [0.4, 0.5) is 0 Å². The first-order valence-corrected chi connectivity index (χ1v) is 5.24. The van der Waals surface area contributed by atoms with Crippen molar-refractivity contribution in [3.8, 4) is 0 Å². The molecule has 1 heterocycles. The molecule has 1 aromatic heterocycles. The van der Waals surface area contributed by atoms with E-state index in [1.165, 1.54) is 0 Å². The lowest BCUT2D eigenvalue weighted by atomic mass is 10.1. The van der Waals surface area contributed by atoms with E-state index < -0.39 is 0 Å². The molecule has 14 heavy (non-hydrogen) atoms. The Balaban J connectivity index is 2.64. The van der Waals surface area contributed by atoms with Gasteiger partial charge in [-0.15, -0.1) is 11.3 Å². The molecule has 0 radical (unpaired) electrons. The molecule has 0 bridgehead atoms. The summed E-state index contributed by atoms with van der Waals surface area (Å²) in [6, 6.07) is 7.93. The van der Waals surface area contributed by atoms with Crippen molar-refractivity contribution < 1.29 is 4.79 Å². The van der Waals surface area contributed by atoms with Gasteiger partial charge in [-0.05, 0) is 18.6 Å². The SMILES string of the molecule is C=C(C)C(=O)c1csc2ccccc12. The number of fused-ring (bicyclic) bond motifs is 1. The van der Waals surface area contributed by atoms with Crippen LogP contribution >= 0.6 is 11.3 Å². The fourth-order valence-corrected chi connectivity index (χ4v) is 2.32. The van der Waals surface area contributed by atoms with Crippen molar-refractivity contribution in [2.45, 2.75) is 6.92 Å². The van der Waals surface area contributed by atoms with Gasteiger partial charge in [-0.2, -0.15) is 0 Å². The molecule has 0 aliphatic heterocycles. The third-order valence-corrected chi connectivity index (χ3v) is 3.08. The summed E-state index contributed by atoms with van der Waals surface area (Å²) in [5.41, 5.74) is 1.37. The number of thiophene rings is 1. The molecule has 0 aliphatic carbocycles. The number of Topliss-reactive ketones (excluding diaryl/α,β-unsaturated/α-hetero) is 1. The number of hydrogen-bond acceptors (Lipinski definition) is 2. The molecule has 0 atom stereocenters. The van der Waals surface area contributed by atoms with Crippen LogP contribution in [-0.2, 0) is 0 Å². The van der Waals surface area contributed by atoms with E-state index in [4.69, 9.17) is 0 Å². The van der Waals surface area contributed by atoms with Crippen molar-refractivity contribution in [3.05, 3.63) is 47.4 Å². The van der Waals surface area contributed by atoms with Crippen LogP contribution in [-0.4, -0.2) is 5.78 Å². The number of ketones is 1. The summed E-state index contributed by atoms with van der Waals surface area (Å²) in [6.45, 7) is 5.42. The molecule has 70 valence electrons. The van der Waals surface area contributed by atoms with Gasteiger partial charge in [0.1, 0.15) is 0 Å². The summed E-state index contributed by atoms with van der Waals surface area (Å²) < 4.78 is 1.15. The van der Waals surface area contributed by atoms with Gasteiger partial charge in [0.15, 0.2) is 5.78 Å². The van der Waals surface area contributed by atoms with Crippen molar-refractivity contribution >= 4 is 27.2 Å². The highest BCUT2D eigenvalue weighted by molar-refractivity contribution is 7.17. The Bertz CT molecular complexity index is 508. The Labute approximate surface area is 86.7 Å². The van der Waals surface area contributed by atoms with Gasteiger partial charge in [-0.3, -0.25) is 4.79 Å². The van der Waals surface area contributed by atoms with Gasteiger partial charge in [0.05, 0.1) is 0 Å². The van der Waals surface area contributed by atoms with Crippen LogP contribution in [0, 0.1) is 0 Å². The van der Waals surface area contributed by atoms with E-state index in [1.807, 2.05) is 29.6 Å². The van der Waals surface area contributed by atoms with E-state index in [2.05, 4.69) is 6.58 Å². The normalized spacial score (nSPS) is 10.4. The average Bonchev–Trinajstić information content (AvgIpc) is 2.60. The number of allylic oxidation sites excluding steroid dienone is 1. The number of carbonyl (C=O) groups excluding carboxylic acids is 1. The summed E-state index contributed by atoms with van der Waals surface area (Å²) in [6.07, 6.45) is 0. The predicted molar refractivity (Wildman–Crippen MR) is 61.0 cm³/mol. The Kier molecular flexibility index (Phi) is 2.22. The zero-order valence-electron chi connectivity index (χ0n) is 7.91. The maximum Gasteiger partial charge on any atom is 0.189 e. The number of benzene rings is 1. The van der Waals surface area contributed by atoms with E-state index >= 15 is 0 Å². The molecule has 0 saturated heterocycles. The molecule has 0 unspecified atom stereocenters. The summed E-state index contributed by atoms with van der Waals surface area (Å²) >= 11 is 1.60. The zero-order chi connectivity index (χ0) is 10.1. The molecule has 2 aromatic rings. The average molecular weight is 202 g/mol. The van der Waals surface area contributed by atoms with E-state index in [0.29, 0.717) is 5.57 Å². The van der Waals surface area contributed by atoms with Gasteiger partial charge in [0.2, 0.25) is 0 Å². The number of carbonyl (C=O) groups is 1. The predicted octanol–water partition coefficient (Wildman–Crippen LogP) is 3.66. The lowest BCUT2D eigenvalue weighted by molar-refractivity contribution is 0.103. The second-order valence-electron chi connectivity index (χ2n) is 3.25. The lowest BCUT2D eigenvalue weighted by Gasteiger charge is -1.96. The van der Waals surface area contributed by atoms with Crippen molar-refractivity contribution in [1.82, 2.24) is 0 Å². The first-order chi connectivity index (χ1) is 6.70. The van der Waals surface area contributed by atoms with Crippen LogP contribution in [0.3, 0.4) is 0 Å². The van der Waals surface area contributed by atoms with Crippen molar-refractivity contribution in [2.24, 2.45) is 0 Å². The Morgan fingerprint density at radius 3 is 2.79 bits per heavy atom. The molecule has 2 heteroatoms. The quantitative estimate of drug-likeness (QED) is 0.536. The first kappa shape index (κ1) is 9.16. The molecule has 0 aliphatic rings. The highest BCUT2D eigenvalue weighted by Crippen LogP contribution is 2.26. The molecule has 0 fully saturated rings. The molecule has 1 aromatic carbocycles. The van der Waals surface area contributed by atoms with Crippen LogP contribution in [0.25, 0.3) is 10.1 Å². The highest BCUT2D eigenvalue weighted by atomic mass is 32.1. The monoisotopic (exact) mass is 202 g/mol. The minimum Gasteiger partial charge on any atom is -0.289 e. The van der Waals surface area contributed by atoms with Gasteiger partial charge in [-0.25, -0.2) is 0 Å². The summed E-state index contributed by atoms with van der Waals surface area (Å²) in [7, 11) is 0. The van der Waals surface area contributed by atoms with E-state index in [1.54, 1.807) is 18.3 Å². The topological polar surface area (TPSA) is 17.1 Å². The van der Waals surface area contributed by atoms with Crippen LogP contribution in [0.2, 0.25) is 0 Å². The van der Waals surface area contributed by atoms with Crippen LogP contribution in [0.15, 0.2) is 41.8 Å². The van der Waals surface area contributed by atoms with E-state index in [9.17, 15) is 4.79 Å². The van der Waals surface area contributed by atoms with Crippen LogP contribution < -0.4 is 0 Å². The zero-order valence-corrected chi connectivity index (χ0v) is 8.73. The molecule has 0 N–H and O–H groups in total. The van der Waals surface area contributed by atoms with Gasteiger partial charge < -0.3 is 0 Å². The molecule has 1 nitrogen and oxygen atoms in total. The van der Waals surface area contributed by atoms with Gasteiger partial charge >= 0.3 is 0 Å². The molecule has 2 rings (SSSR count). The Morgan fingerprint density at radius 1 is 1.36 bits per heavy atom. The smallest absolute Gasteiger partial charge is 0.189 e. The van der Waals surface area contributed by atoms with Gasteiger partial charge in [0.25, 0.3) is 0 Å². The molecule has 0 spiro atoms. The largest absolute Gasteiger partial charge is 0.289 e. The van der Waals surface area contributed by atoms with E-state index in [0.717, 1.165) is 15.6 Å². The third-order valence-electron chi connectivity index (χ3n) is 2.11. The van der Waals surface area contributed by atoms with Crippen LogP contribution in [0.1, 0.15) is 17.3 Å². The molecular formula is C12H10OS. The Morgan fingerprint density at radius 2 is 2.07 bits per heavy atom. The van der Waals surface area contributed by atoms with Crippen LogP contribution in [0.5, 0.6) is 0 Å². The minimum atomic E-state index is 0.0439.